The topological polar surface area (TPSA) is 46.6 Å². The van der Waals surface area contributed by atoms with E-state index in [0.29, 0.717) is 26.3 Å². The highest BCUT2D eigenvalue weighted by Crippen LogP contribution is 2.35. The Kier molecular flexibility index (Phi) is 5.37. The lowest BCUT2D eigenvalue weighted by atomic mass is 10.2. The number of halogens is 2. The minimum Gasteiger partial charge on any atom is -0.497 e. The summed E-state index contributed by atoms with van der Waals surface area (Å²) in [6.07, 6.45) is 1.67. The van der Waals surface area contributed by atoms with Gasteiger partial charge in [-0.2, -0.15) is 0 Å². The van der Waals surface area contributed by atoms with Crippen LogP contribution >= 0.6 is 35.0 Å². The van der Waals surface area contributed by atoms with Crippen LogP contribution in [-0.4, -0.2) is 23.2 Å². The molecule has 4 nitrogen and oxygen atoms in total. The summed E-state index contributed by atoms with van der Waals surface area (Å²) >= 11 is 13.2. The summed E-state index contributed by atoms with van der Waals surface area (Å²) in [7, 11) is 1.57. The summed E-state index contributed by atoms with van der Waals surface area (Å²) < 4.78 is 5.17. The third-order valence-electron chi connectivity index (χ3n) is 3.64. The van der Waals surface area contributed by atoms with Gasteiger partial charge in [0.25, 0.3) is 11.1 Å². The lowest BCUT2D eigenvalue weighted by Gasteiger charge is -2.14. The summed E-state index contributed by atoms with van der Waals surface area (Å²) in [6, 6.07) is 12.3. The molecule has 0 aromatic heterocycles. The van der Waals surface area contributed by atoms with Crippen molar-refractivity contribution in [2.24, 2.45) is 0 Å². The number of imide groups is 1. The van der Waals surface area contributed by atoms with Crippen LogP contribution in [0.5, 0.6) is 5.75 Å². The van der Waals surface area contributed by atoms with Crippen molar-refractivity contribution in [2.45, 2.75) is 6.54 Å². The van der Waals surface area contributed by atoms with E-state index in [0.717, 1.165) is 22.2 Å². The van der Waals surface area contributed by atoms with E-state index in [1.807, 2.05) is 18.2 Å². The molecule has 2 aromatic carbocycles. The number of nitrogens with zero attached hydrogens (tertiary/aromatic N) is 1. The van der Waals surface area contributed by atoms with Crippen LogP contribution in [0.25, 0.3) is 6.08 Å². The molecule has 0 unspecified atom stereocenters. The molecule has 25 heavy (non-hydrogen) atoms. The Bertz CT molecular complexity index is 862. The van der Waals surface area contributed by atoms with Crippen LogP contribution < -0.4 is 4.74 Å². The fourth-order valence-electron chi connectivity index (χ4n) is 2.36. The second kappa shape index (κ2) is 7.52. The fraction of sp³-hybridized carbons (Fsp3) is 0.111. The average molecular weight is 394 g/mol. The van der Waals surface area contributed by atoms with E-state index >= 15 is 0 Å². The number of benzene rings is 2. The third kappa shape index (κ3) is 3.84. The van der Waals surface area contributed by atoms with Gasteiger partial charge in [0.2, 0.25) is 0 Å². The van der Waals surface area contributed by atoms with Gasteiger partial charge in [-0.25, -0.2) is 0 Å². The van der Waals surface area contributed by atoms with E-state index in [-0.39, 0.29) is 17.7 Å². The molecule has 3 rings (SSSR count). The quantitative estimate of drug-likeness (QED) is 0.666. The maximum atomic E-state index is 12.6. The van der Waals surface area contributed by atoms with Gasteiger partial charge < -0.3 is 4.74 Å². The molecule has 0 N–H and O–H groups in total. The van der Waals surface area contributed by atoms with Crippen molar-refractivity contribution in [3.05, 3.63) is 68.5 Å². The van der Waals surface area contributed by atoms with Crippen LogP contribution in [0.2, 0.25) is 10.0 Å². The first-order valence-corrected chi connectivity index (χ1v) is 8.89. The molecule has 1 aliphatic heterocycles. The maximum Gasteiger partial charge on any atom is 0.293 e. The number of amides is 2. The molecule has 0 radical (unpaired) electrons. The Morgan fingerprint density at radius 2 is 1.80 bits per heavy atom. The fourth-order valence-corrected chi connectivity index (χ4v) is 3.72. The molecule has 2 aromatic rings. The van der Waals surface area contributed by atoms with Gasteiger partial charge in [-0.05, 0) is 47.7 Å². The van der Waals surface area contributed by atoms with Crippen molar-refractivity contribution in [2.75, 3.05) is 7.11 Å². The van der Waals surface area contributed by atoms with Gasteiger partial charge in [0.1, 0.15) is 5.75 Å². The minimum atomic E-state index is -0.367. The number of hydrogen-bond donors (Lipinski definition) is 0. The molecule has 0 spiro atoms. The Labute approximate surface area is 159 Å². The van der Waals surface area contributed by atoms with Gasteiger partial charge in [0, 0.05) is 15.6 Å². The smallest absolute Gasteiger partial charge is 0.293 e. The number of methoxy groups -OCH3 is 1. The van der Waals surface area contributed by atoms with Gasteiger partial charge in [-0.15, -0.1) is 0 Å². The molecule has 0 aliphatic carbocycles. The van der Waals surface area contributed by atoms with E-state index < -0.39 is 0 Å². The molecule has 128 valence electrons. The van der Waals surface area contributed by atoms with Crippen LogP contribution in [-0.2, 0) is 11.3 Å². The SMILES string of the molecule is COc1cccc(/C=C2/SC(=O)N(Cc3c(Cl)cccc3Cl)C2=O)c1. The lowest BCUT2D eigenvalue weighted by molar-refractivity contribution is -0.123. The number of ether oxygens (including phenoxy) is 1. The highest BCUT2D eigenvalue weighted by atomic mass is 35.5. The standard InChI is InChI=1S/C18H13Cl2NO3S/c1-24-12-5-2-4-11(8-12)9-16-17(22)21(18(23)25-16)10-13-14(19)6-3-7-15(13)20/h2-9H,10H2,1H3/b16-9+. The van der Waals surface area contributed by atoms with Gasteiger partial charge in [-0.1, -0.05) is 41.4 Å². The van der Waals surface area contributed by atoms with E-state index in [9.17, 15) is 9.59 Å². The number of rotatable bonds is 4. The molecular formula is C18H13Cl2NO3S. The Morgan fingerprint density at radius 3 is 2.48 bits per heavy atom. The van der Waals surface area contributed by atoms with Crippen molar-refractivity contribution in [3.8, 4) is 5.75 Å². The molecule has 7 heteroatoms. The molecule has 0 atom stereocenters. The molecule has 2 amide bonds. The summed E-state index contributed by atoms with van der Waals surface area (Å²) in [4.78, 5) is 26.3. The monoisotopic (exact) mass is 393 g/mol. The average Bonchev–Trinajstić information content (AvgIpc) is 2.85. The summed E-state index contributed by atoms with van der Waals surface area (Å²) in [5.74, 6) is 0.310. The second-order valence-electron chi connectivity index (χ2n) is 5.24. The summed E-state index contributed by atoms with van der Waals surface area (Å²) in [5, 5.41) is 0.488. The second-order valence-corrected chi connectivity index (χ2v) is 7.05. The first-order valence-electron chi connectivity index (χ1n) is 7.32. The highest BCUT2D eigenvalue weighted by Gasteiger charge is 2.35. The molecule has 1 heterocycles. The minimum absolute atomic E-state index is 0.0403. The largest absolute Gasteiger partial charge is 0.497 e. The number of thioether (sulfide) groups is 1. The van der Waals surface area contributed by atoms with Crippen LogP contribution in [0, 0.1) is 0 Å². The Balaban J connectivity index is 1.86. The molecule has 0 saturated carbocycles. The zero-order chi connectivity index (χ0) is 18.0. The molecule has 0 bridgehead atoms. The normalized spacial score (nSPS) is 16.0. The van der Waals surface area contributed by atoms with Crippen LogP contribution in [0.15, 0.2) is 47.4 Å². The maximum absolute atomic E-state index is 12.6. The zero-order valence-electron chi connectivity index (χ0n) is 13.2. The lowest BCUT2D eigenvalue weighted by Crippen LogP contribution is -2.27. The summed E-state index contributed by atoms with van der Waals surface area (Å²) in [6.45, 7) is 0.0403. The number of carbonyl (C=O) groups excluding carboxylic acids is 2. The van der Waals surface area contributed by atoms with Gasteiger partial charge in [0.15, 0.2) is 0 Å². The van der Waals surface area contributed by atoms with Gasteiger partial charge >= 0.3 is 0 Å². The number of carbonyl (C=O) groups is 2. The van der Waals surface area contributed by atoms with Crippen molar-refractivity contribution < 1.29 is 14.3 Å². The van der Waals surface area contributed by atoms with Crippen LogP contribution in [0.1, 0.15) is 11.1 Å². The van der Waals surface area contributed by atoms with E-state index in [4.69, 9.17) is 27.9 Å². The molecule has 1 aliphatic rings. The van der Waals surface area contributed by atoms with Gasteiger partial charge in [-0.3, -0.25) is 14.5 Å². The third-order valence-corrected chi connectivity index (χ3v) is 5.26. The molecule has 1 fully saturated rings. The van der Waals surface area contributed by atoms with Gasteiger partial charge in [0.05, 0.1) is 18.6 Å². The Morgan fingerprint density at radius 1 is 1.12 bits per heavy atom. The highest BCUT2D eigenvalue weighted by molar-refractivity contribution is 8.18. The van der Waals surface area contributed by atoms with Crippen molar-refractivity contribution >= 4 is 52.2 Å². The van der Waals surface area contributed by atoms with E-state index in [1.54, 1.807) is 37.5 Å². The van der Waals surface area contributed by atoms with Crippen LogP contribution in [0.3, 0.4) is 0 Å². The van der Waals surface area contributed by atoms with Crippen molar-refractivity contribution in [3.63, 3.8) is 0 Å². The molecular weight excluding hydrogens is 381 g/mol. The predicted molar refractivity (Wildman–Crippen MR) is 101 cm³/mol. The predicted octanol–water partition coefficient (Wildman–Crippen LogP) is 5.24. The first-order chi connectivity index (χ1) is 12.0. The zero-order valence-corrected chi connectivity index (χ0v) is 15.5. The first kappa shape index (κ1) is 17.9. The van der Waals surface area contributed by atoms with Crippen molar-refractivity contribution in [1.29, 1.82) is 0 Å². The van der Waals surface area contributed by atoms with Crippen LogP contribution in [0.4, 0.5) is 4.79 Å². The van der Waals surface area contributed by atoms with E-state index in [1.165, 1.54) is 0 Å². The van der Waals surface area contributed by atoms with E-state index in [2.05, 4.69) is 0 Å². The number of hydrogen-bond acceptors (Lipinski definition) is 4. The van der Waals surface area contributed by atoms with Crippen molar-refractivity contribution in [1.82, 2.24) is 4.90 Å². The molecule has 1 saturated heterocycles. The summed E-state index contributed by atoms with van der Waals surface area (Å²) in [5.41, 5.74) is 1.33. The Hall–Kier alpha value is -1.95.